The van der Waals surface area contributed by atoms with Gasteiger partial charge in [-0.15, -0.1) is 0 Å². The van der Waals surface area contributed by atoms with Crippen molar-refractivity contribution in [3.05, 3.63) is 50.0 Å². The van der Waals surface area contributed by atoms with Crippen LogP contribution < -0.4 is 0 Å². The predicted octanol–water partition coefficient (Wildman–Crippen LogP) is 2.42. The lowest BCUT2D eigenvalue weighted by molar-refractivity contribution is 0.138. The van der Waals surface area contributed by atoms with Crippen molar-refractivity contribution in [3.8, 4) is 0 Å². The van der Waals surface area contributed by atoms with E-state index >= 15 is 0 Å². The number of hydrogen-bond acceptors (Lipinski definition) is 2. The highest BCUT2D eigenvalue weighted by Gasteiger charge is 1.89. The Labute approximate surface area is 73.5 Å². The molecule has 0 aliphatic rings. The zero-order chi connectivity index (χ0) is 9.23. The van der Waals surface area contributed by atoms with E-state index in [1.165, 1.54) is 6.26 Å². The van der Waals surface area contributed by atoms with Gasteiger partial charge in [-0.25, -0.2) is 0 Å². The van der Waals surface area contributed by atoms with Crippen LogP contribution in [0.3, 0.4) is 0 Å². The minimum atomic E-state index is 0.484. The Hall–Kier alpha value is -1.44. The van der Waals surface area contributed by atoms with Gasteiger partial charge in [0.05, 0.1) is 6.26 Å². The molecule has 0 N–H and O–H groups in total. The Balaban J connectivity index is 3.58. The molecule has 0 saturated carbocycles. The Morgan fingerprint density at radius 3 is 2.42 bits per heavy atom. The zero-order valence-corrected chi connectivity index (χ0v) is 7.16. The van der Waals surface area contributed by atoms with Gasteiger partial charge in [-0.1, -0.05) is 25.8 Å². The molecule has 0 atom stereocenters. The predicted molar refractivity (Wildman–Crippen MR) is 50.6 cm³/mol. The van der Waals surface area contributed by atoms with E-state index < -0.39 is 0 Å². The summed E-state index contributed by atoms with van der Waals surface area (Å²) in [5.41, 5.74) is 0. The molecule has 0 heterocycles. The van der Waals surface area contributed by atoms with Gasteiger partial charge in [-0.3, -0.25) is 0 Å². The van der Waals surface area contributed by atoms with Crippen LogP contribution in [0.25, 0.3) is 0 Å². The molecule has 0 aromatic heterocycles. The van der Waals surface area contributed by atoms with Crippen molar-refractivity contribution < 1.29 is 9.47 Å². The van der Waals surface area contributed by atoms with Crippen molar-refractivity contribution in [2.75, 3.05) is 13.2 Å². The molecule has 12 heavy (non-hydrogen) atoms. The molecule has 0 unspecified atom stereocenters. The van der Waals surface area contributed by atoms with Crippen LogP contribution >= 0.6 is 0 Å². The first kappa shape index (κ1) is 10.6. The van der Waals surface area contributed by atoms with Crippen molar-refractivity contribution in [3.63, 3.8) is 0 Å². The van der Waals surface area contributed by atoms with Gasteiger partial charge in [0.15, 0.2) is 0 Å². The summed E-state index contributed by atoms with van der Waals surface area (Å²) in [5, 5.41) is 0. The third kappa shape index (κ3) is 5.35. The van der Waals surface area contributed by atoms with Crippen LogP contribution in [0.1, 0.15) is 0 Å². The molecule has 0 fully saturated rings. The lowest BCUT2D eigenvalue weighted by Crippen LogP contribution is -1.99. The maximum atomic E-state index is 5.23. The molecule has 0 saturated heterocycles. The van der Waals surface area contributed by atoms with Crippen LogP contribution in [0.15, 0.2) is 50.0 Å². The Morgan fingerprint density at radius 1 is 1.17 bits per heavy atom. The van der Waals surface area contributed by atoms with Crippen molar-refractivity contribution in [2.45, 2.75) is 0 Å². The summed E-state index contributed by atoms with van der Waals surface area (Å²) in [4.78, 5) is 0. The van der Waals surface area contributed by atoms with E-state index in [4.69, 9.17) is 9.47 Å². The first-order valence-electron chi connectivity index (χ1n) is 3.65. The Morgan fingerprint density at radius 2 is 1.92 bits per heavy atom. The SMILES string of the molecule is C=C/C=C(\C=C)OCCOC=C. The monoisotopic (exact) mass is 166 g/mol. The topological polar surface area (TPSA) is 18.5 Å². The van der Waals surface area contributed by atoms with E-state index in [1.807, 2.05) is 0 Å². The first-order chi connectivity index (χ1) is 5.85. The van der Waals surface area contributed by atoms with Gasteiger partial charge in [0.25, 0.3) is 0 Å². The molecule has 0 spiro atoms. The van der Waals surface area contributed by atoms with E-state index in [1.54, 1.807) is 18.2 Å². The van der Waals surface area contributed by atoms with Gasteiger partial charge < -0.3 is 9.47 Å². The van der Waals surface area contributed by atoms with Gasteiger partial charge in [0.2, 0.25) is 0 Å². The molecule has 0 amide bonds. The highest BCUT2D eigenvalue weighted by atomic mass is 16.5. The third-order valence-electron chi connectivity index (χ3n) is 1.07. The van der Waals surface area contributed by atoms with E-state index in [0.29, 0.717) is 19.0 Å². The molecule has 0 aliphatic heterocycles. The summed E-state index contributed by atoms with van der Waals surface area (Å²) in [6, 6.07) is 0. The average molecular weight is 166 g/mol. The highest BCUT2D eigenvalue weighted by molar-refractivity contribution is 5.14. The molecule has 0 radical (unpaired) electrons. The fourth-order valence-electron chi connectivity index (χ4n) is 0.582. The number of ether oxygens (including phenoxy) is 2. The van der Waals surface area contributed by atoms with E-state index in [-0.39, 0.29) is 0 Å². The van der Waals surface area contributed by atoms with Crippen molar-refractivity contribution >= 4 is 0 Å². The maximum Gasteiger partial charge on any atom is 0.122 e. The smallest absolute Gasteiger partial charge is 0.122 e. The summed E-state index contributed by atoms with van der Waals surface area (Å²) in [6.07, 6.45) is 6.38. The summed E-state index contributed by atoms with van der Waals surface area (Å²) in [6.45, 7) is 11.5. The van der Waals surface area contributed by atoms with Crippen LogP contribution in [-0.2, 0) is 9.47 Å². The van der Waals surface area contributed by atoms with Gasteiger partial charge in [0, 0.05) is 0 Å². The fraction of sp³-hybridized carbons (Fsp3) is 0.200. The van der Waals surface area contributed by atoms with Gasteiger partial charge in [0.1, 0.15) is 19.0 Å². The van der Waals surface area contributed by atoms with E-state index in [2.05, 4.69) is 19.7 Å². The minimum Gasteiger partial charge on any atom is -0.498 e. The average Bonchev–Trinajstić information content (AvgIpc) is 2.10. The van der Waals surface area contributed by atoms with Gasteiger partial charge >= 0.3 is 0 Å². The van der Waals surface area contributed by atoms with Crippen molar-refractivity contribution in [1.29, 1.82) is 0 Å². The summed E-state index contributed by atoms with van der Waals surface area (Å²) in [7, 11) is 0. The Kier molecular flexibility index (Phi) is 6.74. The molecule has 0 aromatic carbocycles. The van der Waals surface area contributed by atoms with Gasteiger partial charge in [-0.2, -0.15) is 0 Å². The lowest BCUT2D eigenvalue weighted by Gasteiger charge is -2.05. The highest BCUT2D eigenvalue weighted by Crippen LogP contribution is 1.97. The number of rotatable bonds is 7. The second kappa shape index (κ2) is 7.66. The standard InChI is InChI=1S/C10H14O2/c1-4-7-10(5-2)12-9-8-11-6-3/h4-7H,1-3,8-9H2/b10-7+. The second-order valence-electron chi connectivity index (χ2n) is 1.89. The molecule has 2 heteroatoms. The Bertz CT molecular complexity index is 180. The lowest BCUT2D eigenvalue weighted by atomic mass is 10.4. The van der Waals surface area contributed by atoms with Crippen LogP contribution in [-0.4, -0.2) is 13.2 Å². The van der Waals surface area contributed by atoms with Crippen molar-refractivity contribution in [2.24, 2.45) is 0 Å². The van der Waals surface area contributed by atoms with Crippen LogP contribution in [0, 0.1) is 0 Å². The largest absolute Gasteiger partial charge is 0.498 e. The number of allylic oxidation sites excluding steroid dienone is 3. The van der Waals surface area contributed by atoms with E-state index in [9.17, 15) is 0 Å². The quantitative estimate of drug-likeness (QED) is 0.328. The first-order valence-corrected chi connectivity index (χ1v) is 3.65. The normalized spacial score (nSPS) is 10.2. The van der Waals surface area contributed by atoms with Crippen LogP contribution in [0.4, 0.5) is 0 Å². The minimum absolute atomic E-state index is 0.484. The van der Waals surface area contributed by atoms with Crippen LogP contribution in [0.2, 0.25) is 0 Å². The molecule has 0 aromatic rings. The molecular weight excluding hydrogens is 152 g/mol. The van der Waals surface area contributed by atoms with Crippen LogP contribution in [0.5, 0.6) is 0 Å². The molecule has 66 valence electrons. The van der Waals surface area contributed by atoms with Crippen molar-refractivity contribution in [1.82, 2.24) is 0 Å². The zero-order valence-electron chi connectivity index (χ0n) is 7.16. The third-order valence-corrected chi connectivity index (χ3v) is 1.07. The molecule has 2 nitrogen and oxygen atoms in total. The number of hydrogen-bond donors (Lipinski definition) is 0. The second-order valence-corrected chi connectivity index (χ2v) is 1.89. The maximum absolute atomic E-state index is 5.23. The van der Waals surface area contributed by atoms with E-state index in [0.717, 1.165) is 0 Å². The van der Waals surface area contributed by atoms with Gasteiger partial charge in [-0.05, 0) is 12.2 Å². The summed E-state index contributed by atoms with van der Waals surface area (Å²) >= 11 is 0. The molecular formula is C10H14O2. The molecule has 0 rings (SSSR count). The summed E-state index contributed by atoms with van der Waals surface area (Å²) < 4.78 is 10.1. The summed E-state index contributed by atoms with van der Waals surface area (Å²) in [5.74, 6) is 0.692. The fourth-order valence-corrected chi connectivity index (χ4v) is 0.582. The molecule has 0 aliphatic carbocycles. The molecule has 0 bridgehead atoms.